The van der Waals surface area contributed by atoms with Crippen molar-refractivity contribution in [1.29, 1.82) is 0 Å². The molecule has 2 aromatic rings. The second-order valence-electron chi connectivity index (χ2n) is 6.40. The summed E-state index contributed by atoms with van der Waals surface area (Å²) in [5.74, 6) is 0. The fourth-order valence-electron chi connectivity index (χ4n) is 3.02. The van der Waals surface area contributed by atoms with Gasteiger partial charge < -0.3 is 4.74 Å². The molecule has 0 saturated heterocycles. The summed E-state index contributed by atoms with van der Waals surface area (Å²) in [7, 11) is 0. The molecule has 0 aliphatic carbocycles. The minimum absolute atomic E-state index is 0.297. The van der Waals surface area contributed by atoms with Gasteiger partial charge in [0.05, 0.1) is 6.26 Å². The van der Waals surface area contributed by atoms with Crippen LogP contribution >= 0.6 is 0 Å². The Balaban J connectivity index is 1.68. The van der Waals surface area contributed by atoms with Crippen molar-refractivity contribution < 1.29 is 4.74 Å². The Hall–Kier alpha value is -2.06. The molecule has 2 nitrogen and oxygen atoms in total. The molecule has 0 radical (unpaired) electrons. The van der Waals surface area contributed by atoms with Gasteiger partial charge in [-0.25, -0.2) is 0 Å². The lowest BCUT2D eigenvalue weighted by Crippen LogP contribution is -2.33. The molecule has 2 aromatic carbocycles. The van der Waals surface area contributed by atoms with Crippen LogP contribution in [-0.4, -0.2) is 17.5 Å². The molecule has 2 heteroatoms. The van der Waals surface area contributed by atoms with Crippen molar-refractivity contribution in [3.8, 4) is 0 Å². The minimum Gasteiger partial charge on any atom is -0.497 e. The predicted octanol–water partition coefficient (Wildman–Crippen LogP) is 4.77. The van der Waals surface area contributed by atoms with Crippen molar-refractivity contribution in [2.45, 2.75) is 39.0 Å². The van der Waals surface area contributed by atoms with E-state index >= 15 is 0 Å². The van der Waals surface area contributed by atoms with Crippen LogP contribution in [0.25, 0.3) is 0 Å². The first-order valence-corrected chi connectivity index (χ1v) is 8.41. The third kappa shape index (κ3) is 4.97. The molecule has 120 valence electrons. The van der Waals surface area contributed by atoms with Crippen LogP contribution < -0.4 is 0 Å². The molecule has 0 bridgehead atoms. The predicted molar refractivity (Wildman–Crippen MR) is 94.9 cm³/mol. The maximum Gasteiger partial charge on any atom is 0.111 e. The first kappa shape index (κ1) is 15.8. The lowest BCUT2D eigenvalue weighted by molar-refractivity contribution is 0.0699. The molecule has 0 amide bonds. The Morgan fingerprint density at radius 1 is 0.913 bits per heavy atom. The molecule has 3 rings (SSSR count). The van der Waals surface area contributed by atoms with Gasteiger partial charge in [-0.3, -0.25) is 4.90 Å². The quantitative estimate of drug-likeness (QED) is 0.762. The molecular weight excluding hydrogens is 282 g/mol. The van der Waals surface area contributed by atoms with Gasteiger partial charge >= 0.3 is 0 Å². The van der Waals surface area contributed by atoms with E-state index in [0.29, 0.717) is 6.10 Å². The summed E-state index contributed by atoms with van der Waals surface area (Å²) < 4.78 is 5.89. The van der Waals surface area contributed by atoms with Crippen molar-refractivity contribution in [2.75, 3.05) is 6.54 Å². The van der Waals surface area contributed by atoms with Gasteiger partial charge in [0.25, 0.3) is 0 Å². The maximum atomic E-state index is 5.89. The molecule has 0 N–H and O–H groups in total. The van der Waals surface area contributed by atoms with Gasteiger partial charge in [0.15, 0.2) is 0 Å². The smallest absolute Gasteiger partial charge is 0.111 e. The molecule has 0 aromatic heterocycles. The van der Waals surface area contributed by atoms with E-state index in [-0.39, 0.29) is 0 Å². The second kappa shape index (κ2) is 7.98. The topological polar surface area (TPSA) is 12.5 Å². The molecule has 0 saturated carbocycles. The van der Waals surface area contributed by atoms with Gasteiger partial charge in [-0.05, 0) is 36.5 Å². The Kier molecular flexibility index (Phi) is 5.49. The molecule has 1 aliphatic heterocycles. The SMILES string of the molecule is CC1=COC(CN(Cc2ccccc2)Cc2ccccc2)CC1. The van der Waals surface area contributed by atoms with Gasteiger partial charge in [0, 0.05) is 19.6 Å². The van der Waals surface area contributed by atoms with E-state index in [1.54, 1.807) is 0 Å². The van der Waals surface area contributed by atoms with Crippen LogP contribution in [0.15, 0.2) is 72.5 Å². The van der Waals surface area contributed by atoms with Crippen molar-refractivity contribution in [3.05, 3.63) is 83.6 Å². The average Bonchev–Trinajstić information content (AvgIpc) is 2.59. The van der Waals surface area contributed by atoms with Crippen LogP contribution in [0.3, 0.4) is 0 Å². The van der Waals surface area contributed by atoms with Crippen LogP contribution in [0, 0.1) is 0 Å². The van der Waals surface area contributed by atoms with Gasteiger partial charge in [-0.15, -0.1) is 0 Å². The van der Waals surface area contributed by atoms with Crippen molar-refractivity contribution in [1.82, 2.24) is 4.90 Å². The first-order chi connectivity index (χ1) is 11.3. The number of rotatable bonds is 6. The molecule has 23 heavy (non-hydrogen) atoms. The molecule has 1 atom stereocenters. The van der Waals surface area contributed by atoms with Gasteiger partial charge in [0.2, 0.25) is 0 Å². The summed E-state index contributed by atoms with van der Waals surface area (Å²) in [6, 6.07) is 21.4. The van der Waals surface area contributed by atoms with E-state index in [2.05, 4.69) is 72.5 Å². The summed E-state index contributed by atoms with van der Waals surface area (Å²) in [5, 5.41) is 0. The van der Waals surface area contributed by atoms with E-state index in [0.717, 1.165) is 32.5 Å². The number of hydrogen-bond acceptors (Lipinski definition) is 2. The van der Waals surface area contributed by atoms with Crippen molar-refractivity contribution >= 4 is 0 Å². The van der Waals surface area contributed by atoms with Crippen LogP contribution in [0.1, 0.15) is 30.9 Å². The maximum absolute atomic E-state index is 5.89. The largest absolute Gasteiger partial charge is 0.497 e. The highest BCUT2D eigenvalue weighted by Gasteiger charge is 2.18. The highest BCUT2D eigenvalue weighted by atomic mass is 16.5. The number of ether oxygens (including phenoxy) is 1. The molecule has 0 spiro atoms. The van der Waals surface area contributed by atoms with Crippen molar-refractivity contribution in [2.24, 2.45) is 0 Å². The third-order valence-corrected chi connectivity index (χ3v) is 4.28. The summed E-state index contributed by atoms with van der Waals surface area (Å²) >= 11 is 0. The standard InChI is InChI=1S/C21H25NO/c1-18-12-13-21(23-17-18)16-22(14-19-8-4-2-5-9-19)15-20-10-6-3-7-11-20/h2-11,17,21H,12-16H2,1H3. The number of allylic oxidation sites excluding steroid dienone is 1. The monoisotopic (exact) mass is 307 g/mol. The highest BCUT2D eigenvalue weighted by molar-refractivity contribution is 5.17. The van der Waals surface area contributed by atoms with E-state index in [1.807, 2.05) is 6.26 Å². The van der Waals surface area contributed by atoms with Crippen LogP contribution in [-0.2, 0) is 17.8 Å². The van der Waals surface area contributed by atoms with Gasteiger partial charge in [-0.2, -0.15) is 0 Å². The fraction of sp³-hybridized carbons (Fsp3) is 0.333. The Labute approximate surface area is 139 Å². The zero-order valence-electron chi connectivity index (χ0n) is 13.8. The number of hydrogen-bond donors (Lipinski definition) is 0. The van der Waals surface area contributed by atoms with E-state index < -0.39 is 0 Å². The minimum atomic E-state index is 0.297. The van der Waals surface area contributed by atoms with Crippen molar-refractivity contribution in [3.63, 3.8) is 0 Å². The lowest BCUT2D eigenvalue weighted by atomic mass is 10.1. The summed E-state index contributed by atoms with van der Waals surface area (Å²) in [5.41, 5.74) is 4.05. The summed E-state index contributed by atoms with van der Waals surface area (Å²) in [6.45, 7) is 5.02. The zero-order chi connectivity index (χ0) is 15.9. The second-order valence-corrected chi connectivity index (χ2v) is 6.40. The zero-order valence-corrected chi connectivity index (χ0v) is 13.8. The molecule has 1 aliphatic rings. The molecule has 1 unspecified atom stereocenters. The van der Waals surface area contributed by atoms with Crippen LogP contribution in [0.2, 0.25) is 0 Å². The molecule has 0 fully saturated rings. The van der Waals surface area contributed by atoms with Crippen LogP contribution in [0.5, 0.6) is 0 Å². The van der Waals surface area contributed by atoms with Crippen LogP contribution in [0.4, 0.5) is 0 Å². The average molecular weight is 307 g/mol. The summed E-state index contributed by atoms with van der Waals surface area (Å²) in [6.07, 6.45) is 4.50. The summed E-state index contributed by atoms with van der Waals surface area (Å²) in [4.78, 5) is 2.49. The van der Waals surface area contributed by atoms with E-state index in [4.69, 9.17) is 4.74 Å². The number of nitrogens with zero attached hydrogens (tertiary/aromatic N) is 1. The van der Waals surface area contributed by atoms with E-state index in [9.17, 15) is 0 Å². The first-order valence-electron chi connectivity index (χ1n) is 8.41. The normalized spacial score (nSPS) is 17.7. The Bertz CT molecular complexity index is 579. The molecular formula is C21H25NO. The highest BCUT2D eigenvalue weighted by Crippen LogP contribution is 2.19. The third-order valence-electron chi connectivity index (χ3n) is 4.28. The number of benzene rings is 2. The lowest BCUT2D eigenvalue weighted by Gasteiger charge is -2.29. The van der Waals surface area contributed by atoms with E-state index in [1.165, 1.54) is 16.7 Å². The fourth-order valence-corrected chi connectivity index (χ4v) is 3.02. The Morgan fingerprint density at radius 3 is 1.96 bits per heavy atom. The van der Waals surface area contributed by atoms with Gasteiger partial charge in [0.1, 0.15) is 6.10 Å². The molecule has 1 heterocycles. The Morgan fingerprint density at radius 2 is 1.48 bits per heavy atom. The van der Waals surface area contributed by atoms with Gasteiger partial charge in [-0.1, -0.05) is 60.7 Å².